The van der Waals surface area contributed by atoms with E-state index in [1.165, 1.54) is 37.9 Å². The number of hydrogen-bond acceptors (Lipinski definition) is 2. The maximum Gasteiger partial charge on any atom is 0.0233 e. The summed E-state index contributed by atoms with van der Waals surface area (Å²) in [5.41, 5.74) is 7.94. The second-order valence-electron chi connectivity index (χ2n) is 5.61. The Balaban J connectivity index is 1.59. The van der Waals surface area contributed by atoms with Crippen LogP contribution >= 0.6 is 0 Å². The van der Waals surface area contributed by atoms with Gasteiger partial charge in [-0.2, -0.15) is 0 Å². The van der Waals surface area contributed by atoms with E-state index in [2.05, 4.69) is 35.2 Å². The molecule has 1 spiro atoms. The molecule has 0 aromatic heterocycles. The van der Waals surface area contributed by atoms with E-state index in [9.17, 15) is 0 Å². The van der Waals surface area contributed by atoms with Crippen LogP contribution in [0.2, 0.25) is 0 Å². The van der Waals surface area contributed by atoms with Gasteiger partial charge in [0.1, 0.15) is 0 Å². The molecule has 2 aliphatic rings. The number of benzene rings is 1. The van der Waals surface area contributed by atoms with Crippen LogP contribution in [0.5, 0.6) is 0 Å². The van der Waals surface area contributed by atoms with Crippen molar-refractivity contribution in [2.75, 3.05) is 13.1 Å². The number of hydrogen-bond donors (Lipinski definition) is 1. The average molecular weight is 216 g/mol. The first kappa shape index (κ1) is 10.3. The van der Waals surface area contributed by atoms with Gasteiger partial charge in [-0.25, -0.2) is 0 Å². The van der Waals surface area contributed by atoms with Crippen LogP contribution in [0.25, 0.3) is 0 Å². The molecule has 2 heteroatoms. The molecule has 1 aliphatic carbocycles. The fourth-order valence-electron chi connectivity index (χ4n) is 3.39. The zero-order valence-corrected chi connectivity index (χ0v) is 9.73. The first-order valence-electron chi connectivity index (χ1n) is 6.28. The number of nitrogens with zero attached hydrogens (tertiary/aromatic N) is 1. The summed E-state index contributed by atoms with van der Waals surface area (Å²) in [5.74, 6) is 0. The van der Waals surface area contributed by atoms with Crippen molar-refractivity contribution in [3.8, 4) is 0 Å². The highest BCUT2D eigenvalue weighted by atomic mass is 15.2. The molecule has 1 saturated carbocycles. The fraction of sp³-hybridized carbons (Fsp3) is 0.571. The van der Waals surface area contributed by atoms with Gasteiger partial charge in [-0.3, -0.25) is 4.90 Å². The zero-order chi connectivity index (χ0) is 11.0. The predicted molar refractivity (Wildman–Crippen MR) is 66.0 cm³/mol. The molecular formula is C14H20N2. The molecule has 16 heavy (non-hydrogen) atoms. The minimum Gasteiger partial charge on any atom is -0.328 e. The maximum absolute atomic E-state index is 5.91. The summed E-state index contributed by atoms with van der Waals surface area (Å²) in [6, 6.07) is 11.3. The van der Waals surface area contributed by atoms with Crippen LogP contribution in [-0.2, 0) is 6.54 Å². The highest BCUT2D eigenvalue weighted by Gasteiger charge is 2.46. The Morgan fingerprint density at radius 3 is 2.69 bits per heavy atom. The predicted octanol–water partition coefficient (Wildman–Crippen LogP) is 2.00. The van der Waals surface area contributed by atoms with Gasteiger partial charge in [-0.15, -0.1) is 0 Å². The van der Waals surface area contributed by atoms with Crippen molar-refractivity contribution in [2.24, 2.45) is 11.1 Å². The molecule has 86 valence electrons. The monoisotopic (exact) mass is 216 g/mol. The second kappa shape index (κ2) is 3.86. The molecule has 1 aromatic carbocycles. The normalized spacial score (nSPS) is 34.2. The van der Waals surface area contributed by atoms with E-state index < -0.39 is 0 Å². The summed E-state index contributed by atoms with van der Waals surface area (Å²) in [7, 11) is 0. The molecule has 0 radical (unpaired) electrons. The summed E-state index contributed by atoms with van der Waals surface area (Å²) in [5, 5.41) is 0. The Labute approximate surface area is 97.4 Å². The van der Waals surface area contributed by atoms with E-state index in [-0.39, 0.29) is 0 Å². The largest absolute Gasteiger partial charge is 0.328 e. The molecule has 0 amide bonds. The summed E-state index contributed by atoms with van der Waals surface area (Å²) < 4.78 is 0. The van der Waals surface area contributed by atoms with E-state index >= 15 is 0 Å². The Bertz CT molecular complexity index is 354. The lowest BCUT2D eigenvalue weighted by Crippen LogP contribution is -2.47. The van der Waals surface area contributed by atoms with Gasteiger partial charge in [-0.1, -0.05) is 30.3 Å². The molecule has 2 fully saturated rings. The summed E-state index contributed by atoms with van der Waals surface area (Å²) in [6.45, 7) is 3.62. The van der Waals surface area contributed by atoms with Crippen LogP contribution < -0.4 is 5.73 Å². The van der Waals surface area contributed by atoms with E-state index in [1.807, 2.05) is 0 Å². The van der Waals surface area contributed by atoms with Crippen molar-refractivity contribution >= 4 is 0 Å². The summed E-state index contributed by atoms with van der Waals surface area (Å²) in [6.07, 6.45) is 3.85. The molecule has 1 saturated heterocycles. The zero-order valence-electron chi connectivity index (χ0n) is 9.73. The third kappa shape index (κ3) is 1.87. The van der Waals surface area contributed by atoms with Gasteiger partial charge in [0.25, 0.3) is 0 Å². The lowest BCUT2D eigenvalue weighted by molar-refractivity contribution is 0.110. The molecule has 1 aliphatic heterocycles. The SMILES string of the molecule is NC1CC2(CCN(Cc3ccccc3)C2)C1. The molecular weight excluding hydrogens is 196 g/mol. The maximum atomic E-state index is 5.91. The first-order chi connectivity index (χ1) is 7.76. The van der Waals surface area contributed by atoms with Gasteiger partial charge in [0.05, 0.1) is 0 Å². The van der Waals surface area contributed by atoms with Crippen LogP contribution in [0.3, 0.4) is 0 Å². The van der Waals surface area contributed by atoms with Crippen LogP contribution in [-0.4, -0.2) is 24.0 Å². The molecule has 1 aromatic rings. The topological polar surface area (TPSA) is 29.3 Å². The van der Waals surface area contributed by atoms with Crippen LogP contribution in [0.1, 0.15) is 24.8 Å². The number of likely N-dealkylation sites (tertiary alicyclic amines) is 1. The Morgan fingerprint density at radius 2 is 2.00 bits per heavy atom. The highest BCUT2D eigenvalue weighted by Crippen LogP contribution is 2.47. The molecule has 0 bridgehead atoms. The molecule has 2 N–H and O–H groups in total. The quantitative estimate of drug-likeness (QED) is 0.819. The van der Waals surface area contributed by atoms with E-state index in [0.29, 0.717) is 11.5 Å². The molecule has 0 atom stereocenters. The van der Waals surface area contributed by atoms with E-state index in [4.69, 9.17) is 5.73 Å². The van der Waals surface area contributed by atoms with Crippen LogP contribution in [0.4, 0.5) is 0 Å². The standard InChI is InChI=1S/C14H20N2/c15-13-8-14(9-13)6-7-16(11-14)10-12-4-2-1-3-5-12/h1-5,13H,6-11,15H2. The van der Waals surface area contributed by atoms with Gasteiger partial charge in [0, 0.05) is 19.1 Å². The fourth-order valence-corrected chi connectivity index (χ4v) is 3.39. The summed E-state index contributed by atoms with van der Waals surface area (Å²) >= 11 is 0. The van der Waals surface area contributed by atoms with Gasteiger partial charge in [-0.05, 0) is 36.8 Å². The van der Waals surface area contributed by atoms with E-state index in [1.54, 1.807) is 0 Å². The van der Waals surface area contributed by atoms with Gasteiger partial charge < -0.3 is 5.73 Å². The lowest BCUT2D eigenvalue weighted by atomic mass is 9.65. The molecule has 1 heterocycles. The van der Waals surface area contributed by atoms with Gasteiger partial charge in [0.2, 0.25) is 0 Å². The Hall–Kier alpha value is -0.860. The van der Waals surface area contributed by atoms with Crippen molar-refractivity contribution in [1.82, 2.24) is 4.90 Å². The lowest BCUT2D eigenvalue weighted by Gasteiger charge is -2.43. The van der Waals surface area contributed by atoms with Gasteiger partial charge in [0.15, 0.2) is 0 Å². The van der Waals surface area contributed by atoms with Crippen LogP contribution in [0.15, 0.2) is 30.3 Å². The highest BCUT2D eigenvalue weighted by molar-refractivity contribution is 5.15. The van der Waals surface area contributed by atoms with Gasteiger partial charge >= 0.3 is 0 Å². The second-order valence-corrected chi connectivity index (χ2v) is 5.61. The van der Waals surface area contributed by atoms with Crippen molar-refractivity contribution in [2.45, 2.75) is 31.8 Å². The minimum absolute atomic E-state index is 0.483. The number of nitrogens with two attached hydrogens (primary N) is 1. The minimum atomic E-state index is 0.483. The molecule has 2 nitrogen and oxygen atoms in total. The smallest absolute Gasteiger partial charge is 0.0233 e. The van der Waals surface area contributed by atoms with Crippen LogP contribution in [0, 0.1) is 5.41 Å². The Kier molecular flexibility index (Phi) is 2.49. The van der Waals surface area contributed by atoms with Crippen molar-refractivity contribution in [3.63, 3.8) is 0 Å². The molecule has 0 unspecified atom stereocenters. The van der Waals surface area contributed by atoms with Crippen molar-refractivity contribution in [3.05, 3.63) is 35.9 Å². The van der Waals surface area contributed by atoms with E-state index in [0.717, 1.165) is 6.54 Å². The first-order valence-corrected chi connectivity index (χ1v) is 6.28. The number of rotatable bonds is 2. The average Bonchev–Trinajstić information content (AvgIpc) is 2.63. The molecule has 3 rings (SSSR count). The van der Waals surface area contributed by atoms with Crippen molar-refractivity contribution < 1.29 is 0 Å². The third-order valence-corrected chi connectivity index (χ3v) is 4.16. The summed E-state index contributed by atoms with van der Waals surface area (Å²) in [4.78, 5) is 2.58. The van der Waals surface area contributed by atoms with Crippen molar-refractivity contribution in [1.29, 1.82) is 0 Å². The Morgan fingerprint density at radius 1 is 1.25 bits per heavy atom. The third-order valence-electron chi connectivity index (χ3n) is 4.16.